The van der Waals surface area contributed by atoms with Crippen LogP contribution >= 0.6 is 11.3 Å². The first-order valence-corrected chi connectivity index (χ1v) is 9.09. The van der Waals surface area contributed by atoms with Gasteiger partial charge in [-0.2, -0.15) is 0 Å². The Hall–Kier alpha value is -0.650. The minimum atomic E-state index is 0.135. The average molecular weight is 309 g/mol. The Kier molecular flexibility index (Phi) is 4.82. The lowest BCUT2D eigenvalue weighted by Crippen LogP contribution is -2.52. The Morgan fingerprint density at radius 2 is 2.19 bits per heavy atom. The van der Waals surface area contributed by atoms with Crippen molar-refractivity contribution < 1.29 is 5.11 Å². The van der Waals surface area contributed by atoms with E-state index in [1.807, 2.05) is 0 Å². The molecule has 3 heterocycles. The summed E-state index contributed by atoms with van der Waals surface area (Å²) in [6.07, 6.45) is 6.00. The van der Waals surface area contributed by atoms with E-state index in [0.717, 1.165) is 53.6 Å². The van der Waals surface area contributed by atoms with Gasteiger partial charge < -0.3 is 14.9 Å². The van der Waals surface area contributed by atoms with Gasteiger partial charge in [0.25, 0.3) is 0 Å². The molecule has 0 saturated carbocycles. The van der Waals surface area contributed by atoms with E-state index in [-0.39, 0.29) is 6.61 Å². The summed E-state index contributed by atoms with van der Waals surface area (Å²) in [7, 11) is 2.28. The van der Waals surface area contributed by atoms with Gasteiger partial charge in [0.1, 0.15) is 0 Å². The molecule has 0 bridgehead atoms. The van der Waals surface area contributed by atoms with Gasteiger partial charge in [0, 0.05) is 19.1 Å². The summed E-state index contributed by atoms with van der Waals surface area (Å²) < 4.78 is 0. The Morgan fingerprint density at radius 3 is 2.95 bits per heavy atom. The van der Waals surface area contributed by atoms with E-state index in [1.54, 1.807) is 11.3 Å². The minimum absolute atomic E-state index is 0.135. The molecule has 4 nitrogen and oxygen atoms in total. The molecule has 3 rings (SSSR count). The first-order valence-electron chi connectivity index (χ1n) is 8.27. The summed E-state index contributed by atoms with van der Waals surface area (Å²) >= 11 is 1.70. The van der Waals surface area contributed by atoms with Crippen molar-refractivity contribution in [2.24, 2.45) is 5.92 Å². The molecule has 1 aromatic heterocycles. The van der Waals surface area contributed by atoms with Crippen LogP contribution in [0, 0.1) is 5.92 Å². The SMILES string of the molecule is CCCc1nc(N2CCC3C(CCCN3C)C2)sc1CO. The summed E-state index contributed by atoms with van der Waals surface area (Å²) in [6.45, 7) is 5.81. The number of anilines is 1. The number of fused-ring (bicyclic) bond motifs is 1. The van der Waals surface area contributed by atoms with Crippen molar-refractivity contribution in [3.05, 3.63) is 10.6 Å². The van der Waals surface area contributed by atoms with Gasteiger partial charge in [0.05, 0.1) is 17.2 Å². The van der Waals surface area contributed by atoms with Crippen molar-refractivity contribution in [1.82, 2.24) is 9.88 Å². The molecule has 2 atom stereocenters. The minimum Gasteiger partial charge on any atom is -0.391 e. The van der Waals surface area contributed by atoms with Gasteiger partial charge in [-0.1, -0.05) is 24.7 Å². The van der Waals surface area contributed by atoms with Crippen molar-refractivity contribution in [3.8, 4) is 0 Å². The van der Waals surface area contributed by atoms with Gasteiger partial charge in [0.2, 0.25) is 0 Å². The Labute approximate surface area is 131 Å². The highest BCUT2D eigenvalue weighted by atomic mass is 32.1. The number of rotatable bonds is 4. The smallest absolute Gasteiger partial charge is 0.185 e. The molecule has 0 aromatic carbocycles. The number of aromatic nitrogens is 1. The molecular weight excluding hydrogens is 282 g/mol. The molecule has 0 aliphatic carbocycles. The summed E-state index contributed by atoms with van der Waals surface area (Å²) in [4.78, 5) is 10.9. The maximum absolute atomic E-state index is 9.52. The lowest BCUT2D eigenvalue weighted by atomic mass is 9.84. The Bertz CT molecular complexity index is 476. The first-order chi connectivity index (χ1) is 10.2. The van der Waals surface area contributed by atoms with Crippen LogP contribution in [-0.4, -0.2) is 47.7 Å². The number of aryl methyl sites for hydroxylation is 1. The van der Waals surface area contributed by atoms with Crippen molar-refractivity contribution in [2.45, 2.75) is 51.7 Å². The fourth-order valence-corrected chi connectivity index (χ4v) is 4.89. The highest BCUT2D eigenvalue weighted by Gasteiger charge is 2.35. The molecule has 118 valence electrons. The summed E-state index contributed by atoms with van der Waals surface area (Å²) in [5.41, 5.74) is 1.11. The Balaban J connectivity index is 1.73. The molecule has 2 fully saturated rings. The molecule has 2 aliphatic heterocycles. The van der Waals surface area contributed by atoms with E-state index in [1.165, 1.54) is 25.8 Å². The zero-order valence-electron chi connectivity index (χ0n) is 13.2. The number of likely N-dealkylation sites (tertiary alicyclic amines) is 1. The second-order valence-electron chi connectivity index (χ2n) is 6.46. The third-order valence-electron chi connectivity index (χ3n) is 5.01. The number of hydrogen-bond acceptors (Lipinski definition) is 5. The van der Waals surface area contributed by atoms with E-state index in [2.05, 4.69) is 23.8 Å². The zero-order valence-corrected chi connectivity index (χ0v) is 14.0. The number of piperidine rings is 2. The standard InChI is InChI=1S/C16H27N3OS/c1-3-5-13-15(11-20)21-16(17-13)19-9-7-14-12(10-19)6-4-8-18(14)2/h12,14,20H,3-11H2,1-2H3. The van der Waals surface area contributed by atoms with Gasteiger partial charge in [-0.05, 0) is 45.2 Å². The van der Waals surface area contributed by atoms with Crippen LogP contribution in [0.2, 0.25) is 0 Å². The fourth-order valence-electron chi connectivity index (χ4n) is 3.89. The number of nitrogens with zero attached hydrogens (tertiary/aromatic N) is 3. The molecule has 0 amide bonds. The number of hydrogen-bond donors (Lipinski definition) is 1. The quantitative estimate of drug-likeness (QED) is 0.928. The van der Waals surface area contributed by atoms with Crippen LogP contribution in [0.3, 0.4) is 0 Å². The van der Waals surface area contributed by atoms with Gasteiger partial charge in [0.15, 0.2) is 5.13 Å². The number of aliphatic hydroxyl groups is 1. The topological polar surface area (TPSA) is 39.6 Å². The lowest BCUT2D eigenvalue weighted by molar-refractivity contribution is 0.102. The highest BCUT2D eigenvalue weighted by molar-refractivity contribution is 7.15. The van der Waals surface area contributed by atoms with E-state index in [4.69, 9.17) is 4.98 Å². The monoisotopic (exact) mass is 309 g/mol. The normalized spacial score (nSPS) is 26.9. The molecule has 1 aromatic rings. The van der Waals surface area contributed by atoms with Crippen LogP contribution in [0.1, 0.15) is 43.2 Å². The third-order valence-corrected chi connectivity index (χ3v) is 6.16. The molecule has 2 aliphatic rings. The highest BCUT2D eigenvalue weighted by Crippen LogP contribution is 2.34. The molecule has 1 N–H and O–H groups in total. The van der Waals surface area contributed by atoms with E-state index in [0.29, 0.717) is 0 Å². The molecule has 2 unspecified atom stereocenters. The number of thiazole rings is 1. The van der Waals surface area contributed by atoms with Crippen molar-refractivity contribution in [2.75, 3.05) is 31.6 Å². The van der Waals surface area contributed by atoms with Crippen molar-refractivity contribution in [1.29, 1.82) is 0 Å². The predicted molar refractivity (Wildman–Crippen MR) is 88.0 cm³/mol. The van der Waals surface area contributed by atoms with Gasteiger partial charge >= 0.3 is 0 Å². The van der Waals surface area contributed by atoms with Crippen LogP contribution in [0.4, 0.5) is 5.13 Å². The molecule has 21 heavy (non-hydrogen) atoms. The van der Waals surface area contributed by atoms with Crippen LogP contribution in [0.15, 0.2) is 0 Å². The van der Waals surface area contributed by atoms with Crippen LogP contribution in [0.5, 0.6) is 0 Å². The van der Waals surface area contributed by atoms with E-state index in [9.17, 15) is 5.11 Å². The second kappa shape index (κ2) is 6.63. The van der Waals surface area contributed by atoms with Gasteiger partial charge in [-0.3, -0.25) is 0 Å². The first kappa shape index (κ1) is 15.3. The summed E-state index contributed by atoms with van der Waals surface area (Å²) in [5.74, 6) is 0.786. The lowest BCUT2D eigenvalue weighted by Gasteiger charge is -2.45. The van der Waals surface area contributed by atoms with Crippen LogP contribution in [0.25, 0.3) is 0 Å². The van der Waals surface area contributed by atoms with Crippen LogP contribution in [-0.2, 0) is 13.0 Å². The number of aliphatic hydroxyl groups excluding tert-OH is 1. The fraction of sp³-hybridized carbons (Fsp3) is 0.812. The molecule has 0 radical (unpaired) electrons. The van der Waals surface area contributed by atoms with E-state index >= 15 is 0 Å². The van der Waals surface area contributed by atoms with Crippen molar-refractivity contribution >= 4 is 16.5 Å². The average Bonchev–Trinajstić information content (AvgIpc) is 2.91. The maximum atomic E-state index is 9.52. The maximum Gasteiger partial charge on any atom is 0.185 e. The van der Waals surface area contributed by atoms with Crippen LogP contribution < -0.4 is 4.90 Å². The largest absolute Gasteiger partial charge is 0.391 e. The van der Waals surface area contributed by atoms with Gasteiger partial charge in [-0.15, -0.1) is 0 Å². The zero-order chi connectivity index (χ0) is 14.8. The molecular formula is C16H27N3OS. The second-order valence-corrected chi connectivity index (χ2v) is 7.52. The Morgan fingerprint density at radius 1 is 1.33 bits per heavy atom. The third kappa shape index (κ3) is 3.10. The summed E-state index contributed by atoms with van der Waals surface area (Å²) in [6, 6.07) is 0.766. The van der Waals surface area contributed by atoms with Crippen molar-refractivity contribution in [3.63, 3.8) is 0 Å². The predicted octanol–water partition coefficient (Wildman–Crippen LogP) is 2.51. The van der Waals surface area contributed by atoms with Gasteiger partial charge in [-0.25, -0.2) is 4.98 Å². The molecule has 5 heteroatoms. The molecule has 2 saturated heterocycles. The summed E-state index contributed by atoms with van der Waals surface area (Å²) in [5, 5.41) is 10.7. The molecule has 0 spiro atoms. The van der Waals surface area contributed by atoms with E-state index < -0.39 is 0 Å².